The van der Waals surface area contributed by atoms with E-state index in [-0.39, 0.29) is 0 Å². The second kappa shape index (κ2) is 7.90. The normalized spacial score (nSPS) is 12.9. The van der Waals surface area contributed by atoms with Crippen LogP contribution in [0, 0.1) is 0 Å². The zero-order chi connectivity index (χ0) is 19.5. The van der Waals surface area contributed by atoms with Crippen molar-refractivity contribution in [2.45, 2.75) is 6.42 Å². The largest absolute Gasteiger partial charge is 0.493 e. The average molecular weight is 381 g/mol. The molecule has 1 aliphatic rings. The van der Waals surface area contributed by atoms with Crippen LogP contribution in [0.2, 0.25) is 0 Å². The molecule has 146 valence electrons. The molecule has 2 heterocycles. The van der Waals surface area contributed by atoms with Gasteiger partial charge < -0.3 is 23.8 Å². The number of benzene rings is 2. The van der Waals surface area contributed by atoms with Crippen LogP contribution in [-0.4, -0.2) is 51.1 Å². The second-order valence-electron chi connectivity index (χ2n) is 6.43. The Hall–Kier alpha value is -3.06. The third-order valence-electron chi connectivity index (χ3n) is 4.88. The lowest BCUT2D eigenvalue weighted by atomic mass is 10.1. The van der Waals surface area contributed by atoms with Crippen LogP contribution in [0.1, 0.15) is 5.56 Å². The standard InChI is InChI=1S/C21H23N3O4/c1-25-9-10-28-17-6-4-5-14-7-8-24(20(14)17)21-15-11-18(26-2)19(27-3)12-16(15)22-13-23-21/h4-6,11-13H,7-10H2,1-3H3. The van der Waals surface area contributed by atoms with Crippen LogP contribution >= 0.6 is 0 Å². The Morgan fingerprint density at radius 1 is 0.964 bits per heavy atom. The van der Waals surface area contributed by atoms with E-state index in [1.807, 2.05) is 24.3 Å². The Balaban J connectivity index is 1.81. The number of fused-ring (bicyclic) bond motifs is 2. The smallest absolute Gasteiger partial charge is 0.162 e. The highest BCUT2D eigenvalue weighted by Gasteiger charge is 2.27. The molecule has 3 aromatic rings. The zero-order valence-corrected chi connectivity index (χ0v) is 16.3. The van der Waals surface area contributed by atoms with Crippen LogP contribution < -0.4 is 19.1 Å². The minimum Gasteiger partial charge on any atom is -0.493 e. The van der Waals surface area contributed by atoms with Gasteiger partial charge in [0.2, 0.25) is 0 Å². The van der Waals surface area contributed by atoms with Crippen LogP contribution in [0.5, 0.6) is 17.2 Å². The number of aromatic nitrogens is 2. The molecule has 0 aliphatic carbocycles. The quantitative estimate of drug-likeness (QED) is 0.581. The van der Waals surface area contributed by atoms with Gasteiger partial charge in [0, 0.05) is 25.1 Å². The summed E-state index contributed by atoms with van der Waals surface area (Å²) < 4.78 is 22.0. The molecular weight excluding hydrogens is 358 g/mol. The molecule has 1 aromatic heterocycles. The lowest BCUT2D eigenvalue weighted by Gasteiger charge is -2.23. The Bertz CT molecular complexity index is 993. The highest BCUT2D eigenvalue weighted by Crippen LogP contribution is 2.44. The maximum atomic E-state index is 5.98. The van der Waals surface area contributed by atoms with Crippen LogP contribution in [-0.2, 0) is 11.2 Å². The minimum atomic E-state index is 0.496. The maximum Gasteiger partial charge on any atom is 0.162 e. The van der Waals surface area contributed by atoms with Crippen molar-refractivity contribution < 1.29 is 18.9 Å². The van der Waals surface area contributed by atoms with E-state index < -0.39 is 0 Å². The van der Waals surface area contributed by atoms with E-state index >= 15 is 0 Å². The zero-order valence-electron chi connectivity index (χ0n) is 16.3. The van der Waals surface area contributed by atoms with Gasteiger partial charge in [-0.3, -0.25) is 0 Å². The molecule has 0 saturated carbocycles. The van der Waals surface area contributed by atoms with E-state index in [9.17, 15) is 0 Å². The molecule has 1 aliphatic heterocycles. The topological polar surface area (TPSA) is 65.9 Å². The molecule has 0 N–H and O–H groups in total. The summed E-state index contributed by atoms with van der Waals surface area (Å²) in [6.45, 7) is 1.86. The summed E-state index contributed by atoms with van der Waals surface area (Å²) >= 11 is 0. The van der Waals surface area contributed by atoms with E-state index in [0.717, 1.165) is 41.1 Å². The number of anilines is 2. The molecule has 7 nitrogen and oxygen atoms in total. The summed E-state index contributed by atoms with van der Waals surface area (Å²) in [5, 5.41) is 0.902. The molecule has 4 rings (SSSR count). The van der Waals surface area contributed by atoms with E-state index in [0.29, 0.717) is 24.7 Å². The van der Waals surface area contributed by atoms with Crippen LogP contribution in [0.4, 0.5) is 11.5 Å². The predicted octanol–water partition coefficient (Wildman–Crippen LogP) is 3.37. The molecule has 0 radical (unpaired) electrons. The van der Waals surface area contributed by atoms with Gasteiger partial charge in [0.1, 0.15) is 24.5 Å². The van der Waals surface area contributed by atoms with Gasteiger partial charge >= 0.3 is 0 Å². The van der Waals surface area contributed by atoms with Gasteiger partial charge in [0.15, 0.2) is 11.5 Å². The average Bonchev–Trinajstić information content (AvgIpc) is 3.17. The van der Waals surface area contributed by atoms with Gasteiger partial charge in [-0.15, -0.1) is 0 Å². The Morgan fingerprint density at radius 2 is 1.79 bits per heavy atom. The number of rotatable bonds is 7. The first-order chi connectivity index (χ1) is 13.8. The Morgan fingerprint density at radius 3 is 2.57 bits per heavy atom. The van der Waals surface area contributed by atoms with Crippen LogP contribution in [0.3, 0.4) is 0 Å². The molecule has 0 spiro atoms. The first-order valence-electron chi connectivity index (χ1n) is 9.14. The number of ether oxygens (including phenoxy) is 4. The molecule has 2 aromatic carbocycles. The minimum absolute atomic E-state index is 0.496. The van der Waals surface area contributed by atoms with Crippen molar-refractivity contribution in [2.75, 3.05) is 46.0 Å². The highest BCUT2D eigenvalue weighted by molar-refractivity contribution is 5.95. The highest BCUT2D eigenvalue weighted by atomic mass is 16.5. The third kappa shape index (κ3) is 3.18. The third-order valence-corrected chi connectivity index (χ3v) is 4.88. The SMILES string of the molecule is COCCOc1cccc2c1N(c1ncnc3cc(OC)c(OC)cc13)CC2. The second-order valence-corrected chi connectivity index (χ2v) is 6.43. The first kappa shape index (κ1) is 18.3. The molecule has 0 bridgehead atoms. The summed E-state index contributed by atoms with van der Waals surface area (Å²) in [7, 11) is 4.91. The van der Waals surface area contributed by atoms with E-state index in [1.165, 1.54) is 5.56 Å². The number of methoxy groups -OCH3 is 3. The summed E-state index contributed by atoms with van der Waals surface area (Å²) in [5.74, 6) is 2.95. The van der Waals surface area contributed by atoms with Crippen molar-refractivity contribution >= 4 is 22.4 Å². The van der Waals surface area contributed by atoms with Crippen molar-refractivity contribution in [1.82, 2.24) is 9.97 Å². The fourth-order valence-corrected chi connectivity index (χ4v) is 3.57. The summed E-state index contributed by atoms with van der Waals surface area (Å²) in [6, 6.07) is 9.94. The predicted molar refractivity (Wildman–Crippen MR) is 107 cm³/mol. The molecule has 0 fully saturated rings. The monoisotopic (exact) mass is 381 g/mol. The van der Waals surface area contributed by atoms with Crippen molar-refractivity contribution in [3.8, 4) is 17.2 Å². The van der Waals surface area contributed by atoms with Crippen molar-refractivity contribution in [1.29, 1.82) is 0 Å². The lowest BCUT2D eigenvalue weighted by molar-refractivity contribution is 0.146. The summed E-state index contributed by atoms with van der Waals surface area (Å²) in [4.78, 5) is 11.2. The molecular formula is C21H23N3O4. The van der Waals surface area contributed by atoms with Crippen LogP contribution in [0.15, 0.2) is 36.7 Å². The number of hydrogen-bond donors (Lipinski definition) is 0. The molecule has 0 unspecified atom stereocenters. The molecule has 0 saturated heterocycles. The molecule has 0 amide bonds. The molecule has 0 atom stereocenters. The van der Waals surface area contributed by atoms with Gasteiger partial charge in [0.05, 0.1) is 32.0 Å². The Labute approximate surface area is 163 Å². The van der Waals surface area contributed by atoms with Gasteiger partial charge in [-0.1, -0.05) is 12.1 Å². The fourth-order valence-electron chi connectivity index (χ4n) is 3.57. The van der Waals surface area contributed by atoms with Gasteiger partial charge in [0.25, 0.3) is 0 Å². The maximum absolute atomic E-state index is 5.98. The number of para-hydroxylation sites is 1. The van der Waals surface area contributed by atoms with Crippen molar-refractivity contribution in [2.24, 2.45) is 0 Å². The summed E-state index contributed by atoms with van der Waals surface area (Å²) in [5.41, 5.74) is 3.09. The van der Waals surface area contributed by atoms with E-state index in [1.54, 1.807) is 27.7 Å². The fraction of sp³-hybridized carbons (Fsp3) is 0.333. The van der Waals surface area contributed by atoms with E-state index in [4.69, 9.17) is 18.9 Å². The number of nitrogens with zero attached hydrogens (tertiary/aromatic N) is 3. The Kier molecular flexibility index (Phi) is 5.16. The van der Waals surface area contributed by atoms with Gasteiger partial charge in [-0.25, -0.2) is 9.97 Å². The lowest BCUT2D eigenvalue weighted by Crippen LogP contribution is -2.17. The van der Waals surface area contributed by atoms with Crippen molar-refractivity contribution in [3.63, 3.8) is 0 Å². The van der Waals surface area contributed by atoms with Gasteiger partial charge in [-0.05, 0) is 24.1 Å². The number of hydrogen-bond acceptors (Lipinski definition) is 7. The van der Waals surface area contributed by atoms with Gasteiger partial charge in [-0.2, -0.15) is 0 Å². The summed E-state index contributed by atoms with van der Waals surface area (Å²) in [6.07, 6.45) is 2.51. The van der Waals surface area contributed by atoms with Crippen molar-refractivity contribution in [3.05, 3.63) is 42.2 Å². The molecule has 28 heavy (non-hydrogen) atoms. The molecule has 7 heteroatoms. The van der Waals surface area contributed by atoms with E-state index in [2.05, 4.69) is 20.9 Å². The van der Waals surface area contributed by atoms with Crippen LogP contribution in [0.25, 0.3) is 10.9 Å². The first-order valence-corrected chi connectivity index (χ1v) is 9.14.